The molecule has 0 fully saturated rings. The van der Waals surface area contributed by atoms with E-state index >= 15 is 0 Å². The van der Waals surface area contributed by atoms with Crippen molar-refractivity contribution in [2.24, 2.45) is 11.7 Å². The van der Waals surface area contributed by atoms with Gasteiger partial charge in [0.15, 0.2) is 0 Å². The zero-order valence-corrected chi connectivity index (χ0v) is 7.35. The second kappa shape index (κ2) is 4.51. The van der Waals surface area contributed by atoms with E-state index in [1.165, 1.54) is 5.57 Å². The van der Waals surface area contributed by atoms with Crippen LogP contribution in [0, 0.1) is 5.92 Å². The number of hydrogen-bond donors (Lipinski definition) is 1. The molecule has 0 radical (unpaired) electrons. The topological polar surface area (TPSA) is 26.0 Å². The Balaban J connectivity index is 3.43. The van der Waals surface area contributed by atoms with Gasteiger partial charge >= 0.3 is 0 Å². The first-order valence-electron chi connectivity index (χ1n) is 3.92. The molecule has 1 atom stereocenters. The molecule has 1 heteroatoms. The van der Waals surface area contributed by atoms with E-state index in [0.717, 1.165) is 12.8 Å². The van der Waals surface area contributed by atoms with Crippen molar-refractivity contribution in [2.45, 2.75) is 39.7 Å². The Labute approximate surface area is 64.3 Å². The molecule has 1 nitrogen and oxygen atoms in total. The number of nitrogens with two attached hydrogens (primary N) is 1. The SMILES string of the molecule is C=C(C)CC(N)CC(C)C. The van der Waals surface area contributed by atoms with Crippen LogP contribution >= 0.6 is 0 Å². The van der Waals surface area contributed by atoms with E-state index in [4.69, 9.17) is 5.73 Å². The van der Waals surface area contributed by atoms with Crippen LogP contribution in [-0.2, 0) is 0 Å². The molecule has 0 saturated carbocycles. The molecule has 2 N–H and O–H groups in total. The average Bonchev–Trinajstić information content (AvgIpc) is 1.58. The van der Waals surface area contributed by atoms with Gasteiger partial charge in [0.2, 0.25) is 0 Å². The van der Waals surface area contributed by atoms with Crippen LogP contribution < -0.4 is 5.73 Å². The molecule has 0 aromatic carbocycles. The minimum Gasteiger partial charge on any atom is -0.327 e. The van der Waals surface area contributed by atoms with Crippen LogP contribution in [0.3, 0.4) is 0 Å². The van der Waals surface area contributed by atoms with Crippen molar-refractivity contribution in [3.05, 3.63) is 12.2 Å². The van der Waals surface area contributed by atoms with Gasteiger partial charge in [0, 0.05) is 6.04 Å². The van der Waals surface area contributed by atoms with Gasteiger partial charge in [-0.1, -0.05) is 19.4 Å². The van der Waals surface area contributed by atoms with Crippen molar-refractivity contribution in [1.82, 2.24) is 0 Å². The summed E-state index contributed by atoms with van der Waals surface area (Å²) in [6.07, 6.45) is 2.07. The second-order valence-electron chi connectivity index (χ2n) is 3.55. The molecule has 0 aliphatic carbocycles. The van der Waals surface area contributed by atoms with Crippen molar-refractivity contribution in [1.29, 1.82) is 0 Å². The van der Waals surface area contributed by atoms with Gasteiger partial charge in [0.05, 0.1) is 0 Å². The maximum absolute atomic E-state index is 5.81. The highest BCUT2D eigenvalue weighted by atomic mass is 14.6. The summed E-state index contributed by atoms with van der Waals surface area (Å²) < 4.78 is 0. The first-order valence-corrected chi connectivity index (χ1v) is 3.92. The van der Waals surface area contributed by atoms with Crippen molar-refractivity contribution >= 4 is 0 Å². The van der Waals surface area contributed by atoms with Gasteiger partial charge in [-0.25, -0.2) is 0 Å². The van der Waals surface area contributed by atoms with E-state index in [0.29, 0.717) is 12.0 Å². The molecule has 60 valence electrons. The minimum atomic E-state index is 0.317. The molecule has 0 bridgehead atoms. The van der Waals surface area contributed by atoms with E-state index in [2.05, 4.69) is 20.4 Å². The van der Waals surface area contributed by atoms with Gasteiger partial charge in [-0.15, -0.1) is 6.58 Å². The Morgan fingerprint density at radius 1 is 1.50 bits per heavy atom. The van der Waals surface area contributed by atoms with Gasteiger partial charge < -0.3 is 5.73 Å². The van der Waals surface area contributed by atoms with E-state index in [9.17, 15) is 0 Å². The molecule has 0 spiro atoms. The molecule has 0 heterocycles. The molecule has 0 saturated heterocycles. The van der Waals surface area contributed by atoms with Crippen LogP contribution in [0.5, 0.6) is 0 Å². The summed E-state index contributed by atoms with van der Waals surface area (Å²) in [4.78, 5) is 0. The highest BCUT2D eigenvalue weighted by Crippen LogP contribution is 2.08. The fourth-order valence-electron chi connectivity index (χ4n) is 1.14. The van der Waals surface area contributed by atoms with Crippen LogP contribution in [0.1, 0.15) is 33.6 Å². The molecular weight excluding hydrogens is 122 g/mol. The predicted octanol–water partition coefficient (Wildman–Crippen LogP) is 2.33. The van der Waals surface area contributed by atoms with Crippen molar-refractivity contribution < 1.29 is 0 Å². The van der Waals surface area contributed by atoms with E-state index in [1.807, 2.05) is 6.92 Å². The highest BCUT2D eigenvalue weighted by Gasteiger charge is 2.04. The molecule has 0 aliphatic rings. The lowest BCUT2D eigenvalue weighted by atomic mass is 9.99. The van der Waals surface area contributed by atoms with E-state index in [-0.39, 0.29) is 0 Å². The Hall–Kier alpha value is -0.300. The Kier molecular flexibility index (Phi) is 4.37. The predicted molar refractivity (Wildman–Crippen MR) is 46.9 cm³/mol. The summed E-state index contributed by atoms with van der Waals surface area (Å²) >= 11 is 0. The van der Waals surface area contributed by atoms with Gasteiger partial charge in [-0.05, 0) is 25.7 Å². The summed E-state index contributed by atoms with van der Waals surface area (Å²) in [5, 5.41) is 0. The zero-order chi connectivity index (χ0) is 8.15. The minimum absolute atomic E-state index is 0.317. The third-order valence-electron chi connectivity index (χ3n) is 1.38. The summed E-state index contributed by atoms with van der Waals surface area (Å²) in [5.74, 6) is 0.703. The molecule has 1 unspecified atom stereocenters. The molecule has 0 rings (SSSR count). The van der Waals surface area contributed by atoms with Crippen molar-refractivity contribution in [3.8, 4) is 0 Å². The fourth-order valence-corrected chi connectivity index (χ4v) is 1.14. The third kappa shape index (κ3) is 5.83. The summed E-state index contributed by atoms with van der Waals surface area (Å²) in [6.45, 7) is 10.2. The van der Waals surface area contributed by atoms with E-state index < -0.39 is 0 Å². The highest BCUT2D eigenvalue weighted by molar-refractivity contribution is 4.91. The maximum Gasteiger partial charge on any atom is 0.00783 e. The largest absolute Gasteiger partial charge is 0.327 e. The monoisotopic (exact) mass is 141 g/mol. The van der Waals surface area contributed by atoms with Crippen LogP contribution in [0.2, 0.25) is 0 Å². The number of hydrogen-bond acceptors (Lipinski definition) is 1. The number of rotatable bonds is 4. The first kappa shape index (κ1) is 9.70. The van der Waals surface area contributed by atoms with Gasteiger partial charge in [0.1, 0.15) is 0 Å². The summed E-state index contributed by atoms with van der Waals surface area (Å²) in [6, 6.07) is 0.317. The maximum atomic E-state index is 5.81. The van der Waals surface area contributed by atoms with Crippen molar-refractivity contribution in [3.63, 3.8) is 0 Å². The molecule has 0 aromatic heterocycles. The average molecular weight is 141 g/mol. The van der Waals surface area contributed by atoms with Crippen LogP contribution in [0.25, 0.3) is 0 Å². The Morgan fingerprint density at radius 2 is 2.00 bits per heavy atom. The van der Waals surface area contributed by atoms with Crippen LogP contribution in [-0.4, -0.2) is 6.04 Å². The van der Waals surface area contributed by atoms with Crippen LogP contribution in [0.15, 0.2) is 12.2 Å². The fraction of sp³-hybridized carbons (Fsp3) is 0.778. The summed E-state index contributed by atoms with van der Waals surface area (Å²) in [5.41, 5.74) is 7.00. The molecule has 10 heavy (non-hydrogen) atoms. The lowest BCUT2D eigenvalue weighted by Gasteiger charge is -2.13. The lowest BCUT2D eigenvalue weighted by Crippen LogP contribution is -2.21. The molecule has 0 amide bonds. The molecular formula is C9H19N. The first-order chi connectivity index (χ1) is 4.52. The van der Waals surface area contributed by atoms with Crippen molar-refractivity contribution in [2.75, 3.05) is 0 Å². The third-order valence-corrected chi connectivity index (χ3v) is 1.38. The molecule has 0 aromatic rings. The quantitative estimate of drug-likeness (QED) is 0.597. The smallest absolute Gasteiger partial charge is 0.00783 e. The van der Waals surface area contributed by atoms with Crippen LogP contribution in [0.4, 0.5) is 0 Å². The zero-order valence-electron chi connectivity index (χ0n) is 7.35. The normalized spacial score (nSPS) is 13.7. The molecule has 0 aliphatic heterocycles. The lowest BCUT2D eigenvalue weighted by molar-refractivity contribution is 0.493. The van der Waals surface area contributed by atoms with E-state index in [1.54, 1.807) is 0 Å². The summed E-state index contributed by atoms with van der Waals surface area (Å²) in [7, 11) is 0. The van der Waals surface area contributed by atoms with Gasteiger partial charge in [0.25, 0.3) is 0 Å². The second-order valence-corrected chi connectivity index (χ2v) is 3.55. The van der Waals surface area contributed by atoms with Gasteiger partial charge in [-0.2, -0.15) is 0 Å². The Morgan fingerprint density at radius 3 is 2.30 bits per heavy atom. The standard InChI is InChI=1S/C9H19N/c1-7(2)5-9(10)6-8(3)4/h8-9H,1,5-6,10H2,2-4H3. The van der Waals surface area contributed by atoms with Gasteiger partial charge in [-0.3, -0.25) is 0 Å². The Bertz CT molecular complexity index is 105.